The third kappa shape index (κ3) is 5.02. The summed E-state index contributed by atoms with van der Waals surface area (Å²) in [4.78, 5) is 43.1. The zero-order valence-corrected chi connectivity index (χ0v) is 22.4. The van der Waals surface area contributed by atoms with Gasteiger partial charge in [0.1, 0.15) is 5.56 Å². The van der Waals surface area contributed by atoms with Gasteiger partial charge < -0.3 is 14.6 Å². The first-order valence-corrected chi connectivity index (χ1v) is 13.9. The molecule has 0 unspecified atom stereocenters. The number of piperidine rings is 1. The van der Waals surface area contributed by atoms with Crippen LogP contribution in [-0.2, 0) is 4.74 Å². The SMILES string of the molecule is COC(=O)N(CCN1[C@@H]2CC[C@H]1C[C@@H](NC(=O)c1cc3ccccc3n(C(C)C)c1=O)C2)c1ccsc1. The molecule has 37 heavy (non-hydrogen) atoms. The number of amides is 2. The molecule has 0 spiro atoms. The van der Waals surface area contributed by atoms with Crippen molar-refractivity contribution >= 4 is 39.9 Å². The van der Waals surface area contributed by atoms with E-state index in [0.29, 0.717) is 18.6 Å². The first kappa shape index (κ1) is 25.5. The lowest BCUT2D eigenvalue weighted by Gasteiger charge is -2.40. The maximum atomic E-state index is 13.3. The summed E-state index contributed by atoms with van der Waals surface area (Å²) in [6, 6.07) is 12.0. The van der Waals surface area contributed by atoms with Crippen molar-refractivity contribution in [2.45, 2.75) is 63.7 Å². The van der Waals surface area contributed by atoms with Gasteiger partial charge in [0, 0.05) is 42.6 Å². The Morgan fingerprint density at radius 1 is 1.16 bits per heavy atom. The third-order valence-corrected chi connectivity index (χ3v) is 8.39. The Kier molecular flexibility index (Phi) is 7.35. The topological polar surface area (TPSA) is 83.9 Å². The zero-order valence-electron chi connectivity index (χ0n) is 21.6. The fourth-order valence-corrected chi connectivity index (χ4v) is 6.69. The molecule has 0 aliphatic carbocycles. The number of carbonyl (C=O) groups is 2. The van der Waals surface area contributed by atoms with Crippen LogP contribution in [0.4, 0.5) is 10.5 Å². The van der Waals surface area contributed by atoms with Crippen LogP contribution in [0.2, 0.25) is 0 Å². The number of nitrogens with zero attached hydrogens (tertiary/aromatic N) is 3. The van der Waals surface area contributed by atoms with Gasteiger partial charge in [0.05, 0.1) is 18.3 Å². The third-order valence-electron chi connectivity index (χ3n) is 7.72. The summed E-state index contributed by atoms with van der Waals surface area (Å²) in [7, 11) is 1.41. The minimum atomic E-state index is -0.352. The standard InChI is InChI=1S/C28H34N4O4S/c1-18(2)32-25-7-5-4-6-19(25)14-24(27(32)34)26(33)29-20-15-21-8-9-22(16-20)30(21)11-12-31(28(35)36-3)23-10-13-37-17-23/h4-7,10,13-14,17-18,20-22H,8-9,11-12,15-16H2,1-3H3,(H,29,33)/t20-,21+,22-. The van der Waals surface area contributed by atoms with Gasteiger partial charge in [-0.25, -0.2) is 4.79 Å². The van der Waals surface area contributed by atoms with Gasteiger partial charge >= 0.3 is 6.09 Å². The first-order chi connectivity index (χ1) is 17.9. The van der Waals surface area contributed by atoms with E-state index in [2.05, 4.69) is 10.2 Å². The second-order valence-corrected chi connectivity index (χ2v) is 11.0. The number of rotatable bonds is 7. The molecular formula is C28H34N4O4S. The first-order valence-electron chi connectivity index (χ1n) is 13.0. The minimum Gasteiger partial charge on any atom is -0.452 e. The average Bonchev–Trinajstić information content (AvgIpc) is 3.49. The quantitative estimate of drug-likeness (QED) is 0.489. The molecule has 5 rings (SSSR count). The van der Waals surface area contributed by atoms with Crippen molar-refractivity contribution in [2.24, 2.45) is 0 Å². The van der Waals surface area contributed by atoms with Crippen LogP contribution in [0.1, 0.15) is 55.9 Å². The second kappa shape index (κ2) is 10.7. The zero-order chi connectivity index (χ0) is 26.1. The van der Waals surface area contributed by atoms with Gasteiger partial charge in [-0.2, -0.15) is 11.3 Å². The molecule has 2 saturated heterocycles. The summed E-state index contributed by atoms with van der Waals surface area (Å²) in [6.45, 7) is 5.23. The molecule has 2 aromatic heterocycles. The van der Waals surface area contributed by atoms with E-state index in [4.69, 9.17) is 4.74 Å². The highest BCUT2D eigenvalue weighted by molar-refractivity contribution is 7.08. The normalized spacial score (nSPS) is 21.4. The molecule has 8 nitrogen and oxygen atoms in total. The lowest BCUT2D eigenvalue weighted by atomic mass is 9.96. The van der Waals surface area contributed by atoms with E-state index in [9.17, 15) is 14.4 Å². The fraction of sp³-hybridized carbons (Fsp3) is 0.464. The molecule has 3 atom stereocenters. The number of para-hydroxylation sites is 1. The molecule has 9 heteroatoms. The molecule has 196 valence electrons. The second-order valence-electron chi connectivity index (χ2n) is 10.3. The van der Waals surface area contributed by atoms with E-state index >= 15 is 0 Å². The lowest BCUT2D eigenvalue weighted by molar-refractivity contribution is 0.0847. The molecule has 2 amide bonds. The molecule has 4 heterocycles. The number of carbonyl (C=O) groups excluding carboxylic acids is 2. The van der Waals surface area contributed by atoms with Crippen LogP contribution in [0.5, 0.6) is 0 Å². The summed E-state index contributed by atoms with van der Waals surface area (Å²) < 4.78 is 6.71. The van der Waals surface area contributed by atoms with E-state index in [0.717, 1.165) is 48.8 Å². The van der Waals surface area contributed by atoms with Gasteiger partial charge in [-0.05, 0) is 68.5 Å². The highest BCUT2D eigenvalue weighted by atomic mass is 32.1. The van der Waals surface area contributed by atoms with Crippen LogP contribution >= 0.6 is 11.3 Å². The van der Waals surface area contributed by atoms with Crippen LogP contribution < -0.4 is 15.8 Å². The molecule has 0 saturated carbocycles. The molecule has 2 bridgehead atoms. The van der Waals surface area contributed by atoms with Gasteiger partial charge in [0.25, 0.3) is 11.5 Å². The van der Waals surface area contributed by atoms with Crippen LogP contribution in [0, 0.1) is 0 Å². The highest BCUT2D eigenvalue weighted by Crippen LogP contribution is 2.36. The predicted octanol–water partition coefficient (Wildman–Crippen LogP) is 4.64. The van der Waals surface area contributed by atoms with Crippen molar-refractivity contribution in [2.75, 3.05) is 25.1 Å². The summed E-state index contributed by atoms with van der Waals surface area (Å²) in [5, 5.41) is 7.97. The van der Waals surface area contributed by atoms with Crippen molar-refractivity contribution in [3.05, 3.63) is 63.1 Å². The number of methoxy groups -OCH3 is 1. The Hall–Kier alpha value is -3.17. The Labute approximate surface area is 220 Å². The van der Waals surface area contributed by atoms with Crippen LogP contribution in [-0.4, -0.2) is 59.8 Å². The van der Waals surface area contributed by atoms with Gasteiger partial charge in [0.2, 0.25) is 0 Å². The van der Waals surface area contributed by atoms with Crippen molar-refractivity contribution < 1.29 is 14.3 Å². The summed E-state index contributed by atoms with van der Waals surface area (Å²) in [6.07, 6.45) is 3.47. The highest BCUT2D eigenvalue weighted by Gasteiger charge is 2.41. The Morgan fingerprint density at radius 2 is 1.89 bits per heavy atom. The number of ether oxygens (including phenoxy) is 1. The van der Waals surface area contributed by atoms with E-state index < -0.39 is 0 Å². The van der Waals surface area contributed by atoms with Crippen LogP contribution in [0.3, 0.4) is 0 Å². The molecule has 3 aromatic rings. The number of benzene rings is 1. The van der Waals surface area contributed by atoms with E-state index in [1.165, 1.54) is 7.11 Å². The van der Waals surface area contributed by atoms with Crippen molar-refractivity contribution in [1.82, 2.24) is 14.8 Å². The molecule has 2 aliphatic rings. The van der Waals surface area contributed by atoms with Gasteiger partial charge in [0.15, 0.2) is 0 Å². The number of anilines is 1. The number of pyridine rings is 1. The molecule has 0 radical (unpaired) electrons. The smallest absolute Gasteiger partial charge is 0.414 e. The van der Waals surface area contributed by atoms with Crippen LogP contribution in [0.15, 0.2) is 52.0 Å². The largest absolute Gasteiger partial charge is 0.452 e. The number of hydrogen-bond acceptors (Lipinski definition) is 6. The number of nitrogens with one attached hydrogen (secondary N) is 1. The summed E-state index contributed by atoms with van der Waals surface area (Å²) in [5.74, 6) is -0.294. The molecule has 2 fully saturated rings. The monoisotopic (exact) mass is 522 g/mol. The van der Waals surface area contributed by atoms with Gasteiger partial charge in [-0.15, -0.1) is 0 Å². The van der Waals surface area contributed by atoms with Gasteiger partial charge in [-0.3, -0.25) is 19.4 Å². The molecule has 2 aliphatic heterocycles. The number of thiophene rings is 1. The van der Waals surface area contributed by atoms with Crippen molar-refractivity contribution in [3.8, 4) is 0 Å². The summed E-state index contributed by atoms with van der Waals surface area (Å²) in [5.41, 5.74) is 1.65. The predicted molar refractivity (Wildman–Crippen MR) is 147 cm³/mol. The Bertz CT molecular complexity index is 1320. The number of aromatic nitrogens is 1. The van der Waals surface area contributed by atoms with E-state index in [-0.39, 0.29) is 35.2 Å². The Morgan fingerprint density at radius 3 is 2.54 bits per heavy atom. The summed E-state index contributed by atoms with van der Waals surface area (Å²) >= 11 is 1.55. The molecule has 1 aromatic carbocycles. The maximum absolute atomic E-state index is 13.3. The molecular weight excluding hydrogens is 488 g/mol. The average molecular weight is 523 g/mol. The minimum absolute atomic E-state index is 0.0215. The van der Waals surface area contributed by atoms with Crippen molar-refractivity contribution in [3.63, 3.8) is 0 Å². The lowest BCUT2D eigenvalue weighted by Crippen LogP contribution is -2.52. The van der Waals surface area contributed by atoms with Gasteiger partial charge in [-0.1, -0.05) is 18.2 Å². The maximum Gasteiger partial charge on any atom is 0.414 e. The van der Waals surface area contributed by atoms with E-state index in [1.54, 1.807) is 26.9 Å². The fourth-order valence-electron chi connectivity index (χ4n) is 6.04. The van der Waals surface area contributed by atoms with Crippen LogP contribution in [0.25, 0.3) is 10.9 Å². The van der Waals surface area contributed by atoms with E-state index in [1.807, 2.05) is 54.9 Å². The Balaban J connectivity index is 1.27. The number of hydrogen-bond donors (Lipinski definition) is 1. The molecule has 1 N–H and O–H groups in total. The number of fused-ring (bicyclic) bond motifs is 3. The van der Waals surface area contributed by atoms with Crippen molar-refractivity contribution in [1.29, 1.82) is 0 Å².